The van der Waals surface area contributed by atoms with Gasteiger partial charge in [-0.15, -0.1) is 13.2 Å². The first kappa shape index (κ1) is 27.6. The van der Waals surface area contributed by atoms with Gasteiger partial charge in [0.15, 0.2) is 11.1 Å². The van der Waals surface area contributed by atoms with Crippen molar-refractivity contribution in [3.63, 3.8) is 0 Å². The topological polar surface area (TPSA) is 35.5 Å². The molecular weight excluding hydrogens is 530 g/mol. The molecular formula is C28H31F3O3SSi2. The lowest BCUT2D eigenvalue weighted by Gasteiger charge is -2.22. The minimum absolute atomic E-state index is 0.253. The lowest BCUT2D eigenvalue weighted by Crippen LogP contribution is -2.37. The van der Waals surface area contributed by atoms with Gasteiger partial charge in [0, 0.05) is 11.1 Å². The van der Waals surface area contributed by atoms with Crippen molar-refractivity contribution in [2.45, 2.75) is 50.5 Å². The van der Waals surface area contributed by atoms with Crippen molar-refractivity contribution in [1.29, 1.82) is 0 Å². The second-order valence-electron chi connectivity index (χ2n) is 11.2. The molecule has 0 aliphatic rings. The van der Waals surface area contributed by atoms with E-state index >= 15 is 0 Å². The van der Waals surface area contributed by atoms with Crippen LogP contribution in [-0.4, -0.2) is 33.8 Å². The van der Waals surface area contributed by atoms with Crippen LogP contribution < -0.4 is 15.1 Å². The maximum absolute atomic E-state index is 13.6. The van der Waals surface area contributed by atoms with E-state index in [4.69, 9.17) is 4.18 Å². The number of fused-ring (bicyclic) bond motifs is 2. The maximum atomic E-state index is 13.6. The van der Waals surface area contributed by atoms with Crippen molar-refractivity contribution in [2.24, 2.45) is 0 Å². The maximum Gasteiger partial charge on any atom is 0.573 e. The number of alkyl halides is 3. The van der Waals surface area contributed by atoms with E-state index in [2.05, 4.69) is 50.1 Å². The van der Waals surface area contributed by atoms with Crippen LogP contribution in [0.1, 0.15) is 0 Å². The van der Waals surface area contributed by atoms with Crippen LogP contribution in [0, 0.1) is 0 Å². The fraction of sp³-hybridized carbons (Fsp3) is 0.286. The Bertz CT molecular complexity index is 1520. The zero-order valence-corrected chi connectivity index (χ0v) is 24.9. The fourth-order valence-corrected chi connectivity index (χ4v) is 7.59. The monoisotopic (exact) mass is 560 g/mol. The largest absolute Gasteiger partial charge is 0.573 e. The zero-order chi connectivity index (χ0) is 27.3. The van der Waals surface area contributed by atoms with Crippen LogP contribution >= 0.6 is 0 Å². The highest BCUT2D eigenvalue weighted by Crippen LogP contribution is 2.45. The second-order valence-corrected chi connectivity index (χ2v) is 22.6. The molecule has 0 aliphatic carbocycles. The molecule has 0 aromatic heterocycles. The highest BCUT2D eigenvalue weighted by molar-refractivity contribution is 7.80. The Hall–Kier alpha value is -2.47. The van der Waals surface area contributed by atoms with Crippen LogP contribution in [-0.2, 0) is 15.3 Å². The molecule has 0 N–H and O–H groups in total. The Morgan fingerprint density at radius 2 is 1.19 bits per heavy atom. The molecule has 0 amide bonds. The highest BCUT2D eigenvalue weighted by Gasteiger charge is 2.34. The molecule has 0 radical (unpaired) electrons. The minimum atomic E-state index is -4.89. The summed E-state index contributed by atoms with van der Waals surface area (Å²) in [6.07, 6.45) is -4.89. The molecule has 196 valence electrons. The molecule has 0 spiro atoms. The molecule has 0 saturated carbocycles. The number of halogens is 3. The van der Waals surface area contributed by atoms with Gasteiger partial charge in [-0.05, 0) is 33.7 Å². The van der Waals surface area contributed by atoms with Gasteiger partial charge >= 0.3 is 6.36 Å². The van der Waals surface area contributed by atoms with Gasteiger partial charge in [0.05, 0.1) is 28.2 Å². The summed E-state index contributed by atoms with van der Waals surface area (Å²) >= 11 is -1.89. The van der Waals surface area contributed by atoms with E-state index in [-0.39, 0.29) is 11.3 Å². The lowest BCUT2D eigenvalue weighted by molar-refractivity contribution is -0.274. The molecule has 0 heterocycles. The predicted octanol–water partition coefficient (Wildman–Crippen LogP) is 7.32. The molecule has 0 aliphatic heterocycles. The van der Waals surface area contributed by atoms with E-state index < -0.39 is 33.6 Å². The average molecular weight is 561 g/mol. The third kappa shape index (κ3) is 5.69. The number of hydrogen-bond donors (Lipinski definition) is 0. The minimum Gasteiger partial charge on any atom is -0.405 e. The third-order valence-electron chi connectivity index (χ3n) is 6.50. The smallest absolute Gasteiger partial charge is 0.405 e. The molecule has 4 rings (SSSR count). The van der Waals surface area contributed by atoms with Crippen LogP contribution in [0.3, 0.4) is 0 Å². The van der Waals surface area contributed by atoms with Gasteiger partial charge < -0.3 is 4.74 Å². The van der Waals surface area contributed by atoms with E-state index in [0.717, 1.165) is 10.8 Å². The Kier molecular flexibility index (Phi) is 7.22. The molecule has 0 bridgehead atoms. The Labute approximate surface area is 220 Å². The van der Waals surface area contributed by atoms with Crippen molar-refractivity contribution in [3.8, 4) is 16.9 Å². The summed E-state index contributed by atoms with van der Waals surface area (Å²) in [4.78, 5) is 0.296. The van der Waals surface area contributed by atoms with Gasteiger partial charge in [-0.25, -0.2) is 4.21 Å². The normalized spacial score (nSPS) is 13.8. The SMILES string of the molecule is COS(=O)c1ccc2cc([Si](C)(C)C)ccc2c1-c1c(OC(F)(F)F)ccc2cc([Si](C)(C)C)ccc12. The molecule has 3 nitrogen and oxygen atoms in total. The van der Waals surface area contributed by atoms with E-state index in [1.54, 1.807) is 12.1 Å². The fourth-order valence-electron chi connectivity index (χ4n) is 4.51. The van der Waals surface area contributed by atoms with Crippen molar-refractivity contribution in [2.75, 3.05) is 7.11 Å². The van der Waals surface area contributed by atoms with Crippen molar-refractivity contribution >= 4 is 59.1 Å². The number of hydrogen-bond acceptors (Lipinski definition) is 3. The summed E-state index contributed by atoms with van der Waals surface area (Å²) in [6.45, 7) is 13.4. The highest BCUT2D eigenvalue weighted by atomic mass is 32.2. The summed E-state index contributed by atoms with van der Waals surface area (Å²) in [5.74, 6) is -0.336. The van der Waals surface area contributed by atoms with Gasteiger partial charge in [0.25, 0.3) is 0 Å². The van der Waals surface area contributed by atoms with Crippen molar-refractivity contribution < 1.29 is 26.3 Å². The summed E-state index contributed by atoms with van der Waals surface area (Å²) in [5.41, 5.74) is 0.675. The van der Waals surface area contributed by atoms with Crippen molar-refractivity contribution in [3.05, 3.63) is 60.7 Å². The zero-order valence-electron chi connectivity index (χ0n) is 22.0. The standard InChI is InChI=1S/C28H31F3O3SSi2/c1-33-35(32)25-15-9-19-17-21(37(5,6)7)11-13-23(19)27(25)26-22-12-10-20(36(2,3)4)16-18(22)8-14-24(26)34-28(29,30)31/h8-17H,1-7H3. The van der Waals surface area contributed by atoms with Crippen LogP contribution in [0.25, 0.3) is 32.7 Å². The number of ether oxygens (including phenoxy) is 1. The molecule has 4 aromatic rings. The van der Waals surface area contributed by atoms with E-state index in [9.17, 15) is 17.4 Å². The molecule has 1 atom stereocenters. The van der Waals surface area contributed by atoms with Gasteiger partial charge in [-0.1, -0.05) is 98.2 Å². The summed E-state index contributed by atoms with van der Waals surface area (Å²) < 4.78 is 63.5. The van der Waals surface area contributed by atoms with E-state index in [0.29, 0.717) is 21.2 Å². The van der Waals surface area contributed by atoms with Gasteiger partial charge in [0.1, 0.15) is 5.75 Å². The molecule has 1 unspecified atom stereocenters. The lowest BCUT2D eigenvalue weighted by atomic mass is 9.93. The summed E-state index contributed by atoms with van der Waals surface area (Å²) in [6, 6.07) is 18.5. The third-order valence-corrected chi connectivity index (χ3v) is 11.6. The molecule has 0 fully saturated rings. The van der Waals surface area contributed by atoms with Crippen LogP contribution in [0.2, 0.25) is 39.3 Å². The average Bonchev–Trinajstić information content (AvgIpc) is 2.80. The summed E-state index contributed by atoms with van der Waals surface area (Å²) in [7, 11) is -2.02. The van der Waals surface area contributed by atoms with Crippen LogP contribution in [0.4, 0.5) is 13.2 Å². The second kappa shape index (κ2) is 9.69. The van der Waals surface area contributed by atoms with E-state index in [1.807, 2.05) is 36.4 Å². The number of benzene rings is 4. The molecule has 37 heavy (non-hydrogen) atoms. The molecule has 4 aromatic carbocycles. The first-order chi connectivity index (χ1) is 17.1. The number of rotatable bonds is 6. The van der Waals surface area contributed by atoms with Crippen LogP contribution in [0.5, 0.6) is 5.75 Å². The Morgan fingerprint density at radius 1 is 0.703 bits per heavy atom. The van der Waals surface area contributed by atoms with Gasteiger partial charge in [-0.3, -0.25) is 4.18 Å². The Morgan fingerprint density at radius 3 is 1.65 bits per heavy atom. The first-order valence-corrected chi connectivity index (χ1v) is 20.0. The first-order valence-electron chi connectivity index (χ1n) is 12.0. The van der Waals surface area contributed by atoms with Crippen molar-refractivity contribution in [1.82, 2.24) is 0 Å². The Balaban J connectivity index is 2.16. The molecule has 0 saturated heterocycles. The molecule has 9 heteroatoms. The van der Waals surface area contributed by atoms with Gasteiger partial charge in [0.2, 0.25) is 0 Å². The van der Waals surface area contributed by atoms with Gasteiger partial charge in [-0.2, -0.15) is 0 Å². The predicted molar refractivity (Wildman–Crippen MR) is 153 cm³/mol. The summed E-state index contributed by atoms with van der Waals surface area (Å²) in [5, 5.41) is 5.36. The van der Waals surface area contributed by atoms with Crippen LogP contribution in [0.15, 0.2) is 65.6 Å². The quantitative estimate of drug-likeness (QED) is 0.232. The van der Waals surface area contributed by atoms with E-state index in [1.165, 1.54) is 23.5 Å².